The van der Waals surface area contributed by atoms with Crippen molar-refractivity contribution in [1.82, 2.24) is 4.90 Å². The third-order valence-corrected chi connectivity index (χ3v) is 6.32. The Hall–Kier alpha value is -2.49. The molecule has 2 aromatic rings. The van der Waals surface area contributed by atoms with E-state index in [1.54, 1.807) is 0 Å². The van der Waals surface area contributed by atoms with Crippen molar-refractivity contribution in [2.75, 3.05) is 6.79 Å². The standard InChI is InChI=1S/C26H33NO3/c1-26(2,3)21-12-8-19(9-13-21)11-15-25(28)27(22-6-4-5-7-22)17-20-10-14-23-24(16-20)30-18-29-23/h8-10,12-14,16,22H,4-7,11,15,17-18H2,1-3H3. The van der Waals surface area contributed by atoms with E-state index in [2.05, 4.69) is 49.9 Å². The van der Waals surface area contributed by atoms with Crippen molar-refractivity contribution in [2.24, 2.45) is 0 Å². The normalized spacial score (nSPS) is 16.1. The number of fused-ring (bicyclic) bond motifs is 1. The van der Waals surface area contributed by atoms with Crippen LogP contribution in [0.1, 0.15) is 69.6 Å². The second-order valence-corrected chi connectivity index (χ2v) is 9.59. The predicted octanol–water partition coefficient (Wildman–Crippen LogP) is 5.62. The van der Waals surface area contributed by atoms with E-state index in [9.17, 15) is 4.79 Å². The molecule has 160 valence electrons. The van der Waals surface area contributed by atoms with Crippen LogP contribution in [-0.4, -0.2) is 23.6 Å². The number of ether oxygens (including phenoxy) is 2. The summed E-state index contributed by atoms with van der Waals surface area (Å²) in [6, 6.07) is 15.1. The van der Waals surface area contributed by atoms with Crippen molar-refractivity contribution in [2.45, 2.75) is 77.3 Å². The summed E-state index contributed by atoms with van der Waals surface area (Å²) in [6.07, 6.45) is 5.98. The first-order valence-electron chi connectivity index (χ1n) is 11.2. The van der Waals surface area contributed by atoms with Crippen molar-refractivity contribution < 1.29 is 14.3 Å². The van der Waals surface area contributed by atoms with Crippen molar-refractivity contribution >= 4 is 5.91 Å². The first kappa shape index (κ1) is 20.8. The minimum Gasteiger partial charge on any atom is -0.454 e. The quantitative estimate of drug-likeness (QED) is 0.624. The van der Waals surface area contributed by atoms with E-state index < -0.39 is 0 Å². The van der Waals surface area contributed by atoms with Crippen LogP contribution in [0.5, 0.6) is 11.5 Å². The summed E-state index contributed by atoms with van der Waals surface area (Å²) in [4.78, 5) is 15.3. The lowest BCUT2D eigenvalue weighted by Crippen LogP contribution is -2.38. The van der Waals surface area contributed by atoms with Crippen LogP contribution in [0.2, 0.25) is 0 Å². The maximum atomic E-state index is 13.2. The third-order valence-electron chi connectivity index (χ3n) is 6.32. The zero-order valence-electron chi connectivity index (χ0n) is 18.4. The van der Waals surface area contributed by atoms with Gasteiger partial charge < -0.3 is 14.4 Å². The molecule has 0 spiro atoms. The van der Waals surface area contributed by atoms with E-state index in [-0.39, 0.29) is 18.1 Å². The minimum absolute atomic E-state index is 0.151. The van der Waals surface area contributed by atoms with Crippen LogP contribution in [0.15, 0.2) is 42.5 Å². The Balaban J connectivity index is 1.42. The zero-order chi connectivity index (χ0) is 21.1. The number of rotatable bonds is 6. The van der Waals surface area contributed by atoms with Crippen molar-refractivity contribution in [1.29, 1.82) is 0 Å². The smallest absolute Gasteiger partial charge is 0.231 e. The van der Waals surface area contributed by atoms with Crippen molar-refractivity contribution in [3.05, 3.63) is 59.2 Å². The Morgan fingerprint density at radius 1 is 0.967 bits per heavy atom. The van der Waals surface area contributed by atoms with Gasteiger partial charge >= 0.3 is 0 Å². The van der Waals surface area contributed by atoms with Gasteiger partial charge in [0.2, 0.25) is 12.7 Å². The number of nitrogens with zero attached hydrogens (tertiary/aromatic N) is 1. The molecule has 1 aliphatic carbocycles. The van der Waals surface area contributed by atoms with Crippen molar-refractivity contribution in [3.63, 3.8) is 0 Å². The average molecular weight is 408 g/mol. The van der Waals surface area contributed by atoms with E-state index in [0.29, 0.717) is 19.0 Å². The van der Waals surface area contributed by atoms with Crippen LogP contribution in [0.4, 0.5) is 0 Å². The molecule has 2 aromatic carbocycles. The fraction of sp³-hybridized carbons (Fsp3) is 0.500. The van der Waals surface area contributed by atoms with Gasteiger partial charge in [0.15, 0.2) is 11.5 Å². The summed E-state index contributed by atoms with van der Waals surface area (Å²) < 4.78 is 10.9. The van der Waals surface area contributed by atoms with Gasteiger partial charge in [-0.2, -0.15) is 0 Å². The number of aryl methyl sites for hydroxylation is 1. The van der Waals surface area contributed by atoms with Gasteiger partial charge in [-0.15, -0.1) is 0 Å². The second kappa shape index (κ2) is 8.71. The molecule has 1 aliphatic heterocycles. The molecule has 0 saturated heterocycles. The van der Waals surface area contributed by atoms with E-state index >= 15 is 0 Å². The van der Waals surface area contributed by atoms with Gasteiger partial charge in [0.05, 0.1) is 0 Å². The second-order valence-electron chi connectivity index (χ2n) is 9.59. The van der Waals surface area contributed by atoms with Gasteiger partial charge in [-0.05, 0) is 53.5 Å². The number of carbonyl (C=O) groups excluding carboxylic acids is 1. The Morgan fingerprint density at radius 2 is 1.63 bits per heavy atom. The highest BCUT2D eigenvalue weighted by Crippen LogP contribution is 2.34. The largest absolute Gasteiger partial charge is 0.454 e. The van der Waals surface area contributed by atoms with Crippen LogP contribution < -0.4 is 9.47 Å². The number of hydrogen-bond acceptors (Lipinski definition) is 3. The van der Waals surface area contributed by atoms with Crippen LogP contribution >= 0.6 is 0 Å². The molecule has 0 unspecified atom stereocenters. The average Bonchev–Trinajstić information content (AvgIpc) is 3.41. The minimum atomic E-state index is 0.151. The maximum absolute atomic E-state index is 13.2. The SMILES string of the molecule is CC(C)(C)c1ccc(CCC(=O)N(Cc2ccc3c(c2)OCO3)C2CCCC2)cc1. The van der Waals surface area contributed by atoms with Crippen LogP contribution in [0.3, 0.4) is 0 Å². The molecule has 1 saturated carbocycles. The summed E-state index contributed by atoms with van der Waals surface area (Å²) in [5.41, 5.74) is 3.81. The van der Waals surface area contributed by atoms with Gasteiger partial charge in [0.25, 0.3) is 0 Å². The molecular weight excluding hydrogens is 374 g/mol. The first-order valence-corrected chi connectivity index (χ1v) is 11.2. The van der Waals surface area contributed by atoms with Crippen LogP contribution in [0, 0.1) is 0 Å². The molecule has 0 N–H and O–H groups in total. The lowest BCUT2D eigenvalue weighted by molar-refractivity contribution is -0.134. The number of hydrogen-bond donors (Lipinski definition) is 0. The molecule has 0 radical (unpaired) electrons. The zero-order valence-corrected chi connectivity index (χ0v) is 18.4. The molecule has 0 aromatic heterocycles. The summed E-state index contributed by atoms with van der Waals surface area (Å²) in [5, 5.41) is 0. The molecule has 4 rings (SSSR count). The first-order chi connectivity index (χ1) is 14.4. The summed E-state index contributed by atoms with van der Waals surface area (Å²) in [6.45, 7) is 7.59. The topological polar surface area (TPSA) is 38.8 Å². The molecule has 1 fully saturated rings. The van der Waals surface area contributed by atoms with Crippen LogP contribution in [-0.2, 0) is 23.2 Å². The Bertz CT molecular complexity index is 876. The van der Waals surface area contributed by atoms with Crippen molar-refractivity contribution in [3.8, 4) is 11.5 Å². The summed E-state index contributed by atoms with van der Waals surface area (Å²) >= 11 is 0. The third kappa shape index (κ3) is 4.80. The highest BCUT2D eigenvalue weighted by Gasteiger charge is 2.27. The molecule has 4 nitrogen and oxygen atoms in total. The van der Waals surface area contributed by atoms with Gasteiger partial charge in [-0.3, -0.25) is 4.79 Å². The monoisotopic (exact) mass is 407 g/mol. The Labute approximate surface area is 180 Å². The molecule has 0 atom stereocenters. The molecule has 1 amide bonds. The molecule has 2 aliphatic rings. The molecule has 30 heavy (non-hydrogen) atoms. The number of benzene rings is 2. The lowest BCUT2D eigenvalue weighted by atomic mass is 9.86. The van der Waals surface area contributed by atoms with Gasteiger partial charge in [-0.25, -0.2) is 0 Å². The predicted molar refractivity (Wildman–Crippen MR) is 119 cm³/mol. The van der Waals surface area contributed by atoms with Gasteiger partial charge in [-0.1, -0.05) is 63.9 Å². The van der Waals surface area contributed by atoms with E-state index in [4.69, 9.17) is 9.47 Å². The fourth-order valence-corrected chi connectivity index (χ4v) is 4.44. The number of amides is 1. The molecule has 1 heterocycles. The Kier molecular flexibility index (Phi) is 6.03. The summed E-state index contributed by atoms with van der Waals surface area (Å²) in [5.74, 6) is 1.82. The highest BCUT2D eigenvalue weighted by molar-refractivity contribution is 5.77. The molecule has 4 heteroatoms. The van der Waals surface area contributed by atoms with Gasteiger partial charge in [0, 0.05) is 19.0 Å². The van der Waals surface area contributed by atoms with E-state index in [0.717, 1.165) is 36.3 Å². The fourth-order valence-electron chi connectivity index (χ4n) is 4.44. The van der Waals surface area contributed by atoms with E-state index in [1.807, 2.05) is 18.2 Å². The lowest BCUT2D eigenvalue weighted by Gasteiger charge is -2.29. The molecule has 0 bridgehead atoms. The highest BCUT2D eigenvalue weighted by atomic mass is 16.7. The van der Waals surface area contributed by atoms with Crippen LogP contribution in [0.25, 0.3) is 0 Å². The van der Waals surface area contributed by atoms with E-state index in [1.165, 1.54) is 24.0 Å². The maximum Gasteiger partial charge on any atom is 0.231 e. The Morgan fingerprint density at radius 3 is 2.33 bits per heavy atom. The summed E-state index contributed by atoms with van der Waals surface area (Å²) in [7, 11) is 0. The van der Waals surface area contributed by atoms with Gasteiger partial charge in [0.1, 0.15) is 0 Å². The number of carbonyl (C=O) groups is 1. The molecular formula is C26H33NO3.